The van der Waals surface area contributed by atoms with E-state index in [0.717, 1.165) is 16.8 Å². The van der Waals surface area contributed by atoms with Gasteiger partial charge in [0.1, 0.15) is 11.6 Å². The summed E-state index contributed by atoms with van der Waals surface area (Å²) in [7, 11) is 0. The van der Waals surface area contributed by atoms with Gasteiger partial charge in [-0.25, -0.2) is 4.79 Å². The second-order valence-corrected chi connectivity index (χ2v) is 9.10. The Hall–Kier alpha value is -3.71. The molecular formula is C24H29N5O5. The van der Waals surface area contributed by atoms with Crippen molar-refractivity contribution in [3.8, 4) is 23.4 Å². The molecule has 3 N–H and O–H groups in total. The van der Waals surface area contributed by atoms with Gasteiger partial charge >= 0.3 is 6.09 Å². The van der Waals surface area contributed by atoms with Crippen molar-refractivity contribution in [2.24, 2.45) is 5.73 Å². The summed E-state index contributed by atoms with van der Waals surface area (Å²) in [5.74, 6) is 0.518. The van der Waals surface area contributed by atoms with Crippen molar-refractivity contribution in [3.63, 3.8) is 0 Å². The van der Waals surface area contributed by atoms with Crippen LogP contribution < -0.4 is 19.9 Å². The van der Waals surface area contributed by atoms with Crippen LogP contribution in [0.3, 0.4) is 0 Å². The van der Waals surface area contributed by atoms with Crippen LogP contribution in [0.4, 0.5) is 4.79 Å². The van der Waals surface area contributed by atoms with E-state index < -0.39 is 12.0 Å². The molecule has 0 spiro atoms. The number of benzene rings is 1. The molecule has 34 heavy (non-hydrogen) atoms. The maximum atomic E-state index is 12.6. The van der Waals surface area contributed by atoms with Crippen molar-refractivity contribution in [2.75, 3.05) is 32.9 Å². The number of nitriles is 1. The van der Waals surface area contributed by atoms with E-state index in [1.54, 1.807) is 23.1 Å². The van der Waals surface area contributed by atoms with Crippen LogP contribution in [-0.4, -0.2) is 54.1 Å². The smallest absolute Gasteiger partial charge is 0.415 e. The summed E-state index contributed by atoms with van der Waals surface area (Å²) in [6, 6.07) is 7.45. The molecule has 1 aromatic heterocycles. The highest BCUT2D eigenvalue weighted by atomic mass is 16.6. The van der Waals surface area contributed by atoms with E-state index in [-0.39, 0.29) is 16.9 Å². The van der Waals surface area contributed by atoms with Gasteiger partial charge in [-0.2, -0.15) is 5.26 Å². The number of nitrogens with two attached hydrogens (primary N) is 1. The second kappa shape index (κ2) is 9.27. The molecule has 2 aromatic rings. The average molecular weight is 468 g/mol. The van der Waals surface area contributed by atoms with Gasteiger partial charge in [-0.05, 0) is 24.6 Å². The number of aromatic amines is 1. The first-order chi connectivity index (χ1) is 16.2. The number of hydrogen-bond donors (Lipinski definition) is 2. The van der Waals surface area contributed by atoms with Crippen LogP contribution in [0.15, 0.2) is 29.7 Å². The van der Waals surface area contributed by atoms with Crippen LogP contribution in [0.25, 0.3) is 0 Å². The number of ether oxygens (including phenoxy) is 4. The molecule has 1 saturated heterocycles. The van der Waals surface area contributed by atoms with E-state index in [0.29, 0.717) is 50.3 Å². The standard InChI is InChI=1S/C24H29N5O5/c1-5-32-17-12-14(6-7-16(17)33-23(30)29-8-10-31-11-9-29)18-15(13-25)21(26)34-22-19(18)20(27-28-22)24(2,3)4/h6-7,12,18H,5,8-11,26H2,1-4H3,(H,27,28)/t18-/m1/s1. The minimum Gasteiger partial charge on any atom is -0.490 e. The summed E-state index contributed by atoms with van der Waals surface area (Å²) in [6.45, 7) is 10.2. The van der Waals surface area contributed by atoms with Crippen LogP contribution in [0, 0.1) is 11.3 Å². The van der Waals surface area contributed by atoms with Crippen molar-refractivity contribution in [1.82, 2.24) is 15.1 Å². The molecular weight excluding hydrogens is 438 g/mol. The fourth-order valence-electron chi connectivity index (χ4n) is 4.11. The number of aromatic nitrogens is 2. The van der Waals surface area contributed by atoms with Crippen LogP contribution in [0.2, 0.25) is 0 Å². The Morgan fingerprint density at radius 3 is 2.71 bits per heavy atom. The van der Waals surface area contributed by atoms with Crippen LogP contribution in [0.1, 0.15) is 50.4 Å². The highest BCUT2D eigenvalue weighted by Crippen LogP contribution is 2.47. The summed E-state index contributed by atoms with van der Waals surface area (Å²) in [4.78, 5) is 14.2. The van der Waals surface area contributed by atoms with Crippen molar-refractivity contribution in [1.29, 1.82) is 5.26 Å². The molecule has 2 aliphatic heterocycles. The molecule has 1 aromatic carbocycles. The van der Waals surface area contributed by atoms with Gasteiger partial charge in [0.05, 0.1) is 31.3 Å². The first-order valence-corrected chi connectivity index (χ1v) is 11.2. The minimum absolute atomic E-state index is 0.00717. The molecule has 0 unspecified atom stereocenters. The zero-order valence-electron chi connectivity index (χ0n) is 19.8. The zero-order valence-corrected chi connectivity index (χ0v) is 19.8. The Kier molecular flexibility index (Phi) is 6.39. The first-order valence-electron chi connectivity index (χ1n) is 11.2. The van der Waals surface area contributed by atoms with Gasteiger partial charge in [0, 0.05) is 24.2 Å². The van der Waals surface area contributed by atoms with Crippen LogP contribution in [0.5, 0.6) is 17.4 Å². The Morgan fingerprint density at radius 2 is 2.06 bits per heavy atom. The maximum absolute atomic E-state index is 12.6. The van der Waals surface area contributed by atoms with Gasteiger partial charge < -0.3 is 29.6 Å². The maximum Gasteiger partial charge on any atom is 0.415 e. The molecule has 4 rings (SSSR count). The number of allylic oxidation sites excluding steroid dienone is 1. The number of morpholine rings is 1. The molecule has 180 valence electrons. The van der Waals surface area contributed by atoms with E-state index >= 15 is 0 Å². The number of fused-ring (bicyclic) bond motifs is 1. The third-order valence-electron chi connectivity index (χ3n) is 5.76. The van der Waals surface area contributed by atoms with E-state index in [4.69, 9.17) is 24.7 Å². The fourth-order valence-corrected chi connectivity index (χ4v) is 4.11. The monoisotopic (exact) mass is 467 g/mol. The van der Waals surface area contributed by atoms with Crippen LogP contribution >= 0.6 is 0 Å². The lowest BCUT2D eigenvalue weighted by atomic mass is 9.79. The molecule has 1 amide bonds. The molecule has 1 atom stereocenters. The first kappa shape index (κ1) is 23.4. The summed E-state index contributed by atoms with van der Waals surface area (Å²) in [5.41, 5.74) is 8.41. The Balaban J connectivity index is 1.75. The lowest BCUT2D eigenvalue weighted by molar-refractivity contribution is 0.0413. The lowest BCUT2D eigenvalue weighted by Gasteiger charge is -2.28. The predicted molar refractivity (Wildman–Crippen MR) is 123 cm³/mol. The highest BCUT2D eigenvalue weighted by molar-refractivity contribution is 5.72. The summed E-state index contributed by atoms with van der Waals surface area (Å²) >= 11 is 0. The summed E-state index contributed by atoms with van der Waals surface area (Å²) < 4.78 is 22.4. The van der Waals surface area contributed by atoms with Gasteiger partial charge in [0.25, 0.3) is 0 Å². The SMILES string of the molecule is CCOc1cc([C@@H]2C(C#N)=C(N)Oc3n[nH]c(C(C)(C)C)c32)ccc1OC(=O)N1CCOCC1. The summed E-state index contributed by atoms with van der Waals surface area (Å²) in [5, 5.41) is 17.3. The Labute approximate surface area is 198 Å². The molecule has 2 aliphatic rings. The van der Waals surface area contributed by atoms with Gasteiger partial charge in [-0.3, -0.25) is 5.10 Å². The number of nitrogens with zero attached hydrogens (tertiary/aromatic N) is 3. The zero-order chi connectivity index (χ0) is 24.5. The number of rotatable bonds is 4. The molecule has 0 saturated carbocycles. The largest absolute Gasteiger partial charge is 0.490 e. The second-order valence-electron chi connectivity index (χ2n) is 9.10. The number of nitrogens with one attached hydrogen (secondary N) is 1. The number of amides is 1. The average Bonchev–Trinajstić information content (AvgIpc) is 3.24. The molecule has 3 heterocycles. The molecule has 10 nitrogen and oxygen atoms in total. The van der Waals surface area contributed by atoms with Gasteiger partial charge in [-0.1, -0.05) is 26.8 Å². The summed E-state index contributed by atoms with van der Waals surface area (Å²) in [6.07, 6.45) is -0.461. The molecule has 0 aliphatic carbocycles. The highest BCUT2D eigenvalue weighted by Gasteiger charge is 2.38. The number of hydrogen-bond acceptors (Lipinski definition) is 8. The molecule has 1 fully saturated rings. The van der Waals surface area contributed by atoms with Crippen molar-refractivity contribution in [2.45, 2.75) is 39.0 Å². The van der Waals surface area contributed by atoms with E-state index in [2.05, 4.69) is 16.3 Å². The topological polar surface area (TPSA) is 136 Å². The van der Waals surface area contributed by atoms with Crippen molar-refractivity contribution < 1.29 is 23.7 Å². The number of carbonyl (C=O) groups excluding carboxylic acids is 1. The molecule has 10 heteroatoms. The Morgan fingerprint density at radius 1 is 1.32 bits per heavy atom. The van der Waals surface area contributed by atoms with Crippen molar-refractivity contribution in [3.05, 3.63) is 46.5 Å². The molecule has 0 radical (unpaired) electrons. The fraction of sp³-hybridized carbons (Fsp3) is 0.458. The number of H-pyrrole nitrogens is 1. The van der Waals surface area contributed by atoms with Crippen molar-refractivity contribution >= 4 is 6.09 Å². The lowest BCUT2D eigenvalue weighted by Crippen LogP contribution is -2.42. The van der Waals surface area contributed by atoms with Gasteiger partial charge in [0.2, 0.25) is 11.8 Å². The third-order valence-corrected chi connectivity index (χ3v) is 5.76. The number of carbonyl (C=O) groups is 1. The Bertz CT molecular complexity index is 1150. The minimum atomic E-state index is -0.523. The van der Waals surface area contributed by atoms with E-state index in [9.17, 15) is 10.1 Å². The normalized spacial score (nSPS) is 18.1. The van der Waals surface area contributed by atoms with Gasteiger partial charge in [-0.15, -0.1) is 5.10 Å². The van der Waals surface area contributed by atoms with Gasteiger partial charge in [0.15, 0.2) is 11.5 Å². The van der Waals surface area contributed by atoms with Crippen LogP contribution in [-0.2, 0) is 10.2 Å². The molecule has 0 bridgehead atoms. The van der Waals surface area contributed by atoms with E-state index in [1.165, 1.54) is 0 Å². The predicted octanol–water partition coefficient (Wildman–Crippen LogP) is 3.16. The third kappa shape index (κ3) is 4.39. The van der Waals surface area contributed by atoms with E-state index in [1.807, 2.05) is 27.7 Å². The quantitative estimate of drug-likeness (QED) is 0.700.